The Balaban J connectivity index is 2.92. The van der Waals surface area contributed by atoms with E-state index in [1.54, 1.807) is 6.92 Å². The molecule has 0 fully saturated rings. The van der Waals surface area contributed by atoms with E-state index in [4.69, 9.17) is 5.11 Å². The highest BCUT2D eigenvalue weighted by Crippen LogP contribution is 2.25. The number of hydrogen-bond acceptors (Lipinski definition) is 4. The van der Waals surface area contributed by atoms with Crippen molar-refractivity contribution in [1.29, 1.82) is 0 Å². The fraction of sp³-hybridized carbons (Fsp3) is 0.556. The largest absolute Gasteiger partial charge is 0.478 e. The van der Waals surface area contributed by atoms with Crippen LogP contribution in [0.15, 0.2) is 0 Å². The van der Waals surface area contributed by atoms with Crippen LogP contribution in [0, 0.1) is 6.92 Å². The molecule has 0 amide bonds. The predicted molar refractivity (Wildman–Crippen MR) is 57.2 cm³/mol. The fourth-order valence-electron chi connectivity index (χ4n) is 1.05. The topological polar surface area (TPSA) is 62.2 Å². The molecule has 0 aliphatic rings. The van der Waals surface area contributed by atoms with Crippen LogP contribution in [0.4, 0.5) is 5.00 Å². The van der Waals surface area contributed by atoms with Gasteiger partial charge in [0.15, 0.2) is 0 Å². The average molecular weight is 214 g/mol. The van der Waals surface area contributed by atoms with Crippen LogP contribution in [0.1, 0.15) is 36.3 Å². The summed E-state index contributed by atoms with van der Waals surface area (Å²) in [5.41, 5.74) is 0.878. The van der Waals surface area contributed by atoms with Crippen molar-refractivity contribution in [2.45, 2.75) is 33.2 Å². The fourth-order valence-corrected chi connectivity index (χ4v) is 1.95. The molecule has 1 aromatic heterocycles. The Morgan fingerprint density at radius 2 is 2.36 bits per heavy atom. The smallest absolute Gasteiger partial charge is 0.340 e. The summed E-state index contributed by atoms with van der Waals surface area (Å²) in [6.45, 7) is 5.77. The Labute approximate surface area is 87.1 Å². The van der Waals surface area contributed by atoms with Gasteiger partial charge in [-0.3, -0.25) is 0 Å². The first kappa shape index (κ1) is 11.0. The first-order valence-corrected chi connectivity index (χ1v) is 5.29. The third kappa shape index (κ3) is 2.23. The highest BCUT2D eigenvalue weighted by molar-refractivity contribution is 7.10. The quantitative estimate of drug-likeness (QED) is 0.807. The molecule has 5 heteroatoms. The van der Waals surface area contributed by atoms with Crippen LogP contribution in [-0.4, -0.2) is 21.5 Å². The summed E-state index contributed by atoms with van der Waals surface area (Å²) in [6, 6.07) is 0.271. The maximum Gasteiger partial charge on any atom is 0.340 e. The lowest BCUT2D eigenvalue weighted by molar-refractivity contribution is 0.0697. The number of carboxylic acids is 1. The van der Waals surface area contributed by atoms with Gasteiger partial charge in [0, 0.05) is 6.04 Å². The van der Waals surface area contributed by atoms with E-state index in [0.717, 1.165) is 6.42 Å². The number of carbonyl (C=O) groups is 1. The minimum Gasteiger partial charge on any atom is -0.478 e. The van der Waals surface area contributed by atoms with Gasteiger partial charge >= 0.3 is 5.97 Å². The standard InChI is InChI=1S/C9H14N2O2S/c1-4-5(2)10-8-7(9(12)13)6(3)11-14-8/h5,10H,4H2,1-3H3,(H,12,13). The van der Waals surface area contributed by atoms with Gasteiger partial charge in [-0.05, 0) is 31.8 Å². The molecule has 0 spiro atoms. The lowest BCUT2D eigenvalue weighted by Crippen LogP contribution is -2.14. The van der Waals surface area contributed by atoms with Gasteiger partial charge in [0.25, 0.3) is 0 Å². The summed E-state index contributed by atoms with van der Waals surface area (Å²) in [5.74, 6) is -0.915. The van der Waals surface area contributed by atoms with Crippen LogP contribution in [0.2, 0.25) is 0 Å². The summed E-state index contributed by atoms with van der Waals surface area (Å²) < 4.78 is 4.02. The molecule has 0 aliphatic carbocycles. The van der Waals surface area contributed by atoms with E-state index in [1.165, 1.54) is 11.5 Å². The SMILES string of the molecule is CCC(C)Nc1snc(C)c1C(=O)O. The summed E-state index contributed by atoms with van der Waals surface area (Å²) >= 11 is 1.21. The van der Waals surface area contributed by atoms with Crippen molar-refractivity contribution >= 4 is 22.5 Å². The summed E-state index contributed by atoms with van der Waals surface area (Å²) in [7, 11) is 0. The molecule has 0 bridgehead atoms. The highest BCUT2D eigenvalue weighted by Gasteiger charge is 2.17. The molecule has 0 saturated carbocycles. The van der Waals surface area contributed by atoms with Crippen molar-refractivity contribution in [3.8, 4) is 0 Å². The van der Waals surface area contributed by atoms with E-state index < -0.39 is 5.97 Å². The first-order chi connectivity index (χ1) is 6.56. The lowest BCUT2D eigenvalue weighted by atomic mass is 10.2. The highest BCUT2D eigenvalue weighted by atomic mass is 32.1. The first-order valence-electron chi connectivity index (χ1n) is 4.52. The molecule has 0 aromatic carbocycles. The second-order valence-corrected chi connectivity index (χ2v) is 4.00. The number of hydrogen-bond donors (Lipinski definition) is 2. The van der Waals surface area contributed by atoms with Crippen LogP contribution in [0.25, 0.3) is 0 Å². The Bertz CT molecular complexity index is 336. The number of carboxylic acid groups (broad SMARTS) is 1. The maximum absolute atomic E-state index is 10.9. The molecule has 0 saturated heterocycles. The lowest BCUT2D eigenvalue weighted by Gasteiger charge is -2.10. The van der Waals surface area contributed by atoms with E-state index in [0.29, 0.717) is 16.3 Å². The van der Waals surface area contributed by atoms with Crippen LogP contribution < -0.4 is 5.32 Å². The Kier molecular flexibility index (Phi) is 3.46. The molecule has 4 nitrogen and oxygen atoms in total. The third-order valence-electron chi connectivity index (χ3n) is 2.07. The van der Waals surface area contributed by atoms with Crippen molar-refractivity contribution in [3.05, 3.63) is 11.3 Å². The van der Waals surface area contributed by atoms with Crippen LogP contribution >= 0.6 is 11.5 Å². The number of nitrogens with one attached hydrogen (secondary N) is 1. The van der Waals surface area contributed by atoms with Crippen LogP contribution in [0.3, 0.4) is 0 Å². The van der Waals surface area contributed by atoms with Gasteiger partial charge in [-0.15, -0.1) is 0 Å². The van der Waals surface area contributed by atoms with Gasteiger partial charge in [0.1, 0.15) is 10.6 Å². The summed E-state index contributed by atoms with van der Waals surface area (Å²) in [4.78, 5) is 10.9. The van der Waals surface area contributed by atoms with Crippen LogP contribution in [-0.2, 0) is 0 Å². The van der Waals surface area contributed by atoms with E-state index in [2.05, 4.69) is 9.69 Å². The third-order valence-corrected chi connectivity index (χ3v) is 2.94. The second kappa shape index (κ2) is 4.41. The summed E-state index contributed by atoms with van der Waals surface area (Å²) in [5, 5.41) is 12.7. The number of rotatable bonds is 4. The number of nitrogens with zero attached hydrogens (tertiary/aromatic N) is 1. The van der Waals surface area contributed by atoms with Gasteiger partial charge in [0.05, 0.1) is 5.69 Å². The maximum atomic E-state index is 10.9. The van der Waals surface area contributed by atoms with Crippen molar-refractivity contribution in [2.24, 2.45) is 0 Å². The van der Waals surface area contributed by atoms with Crippen molar-refractivity contribution in [3.63, 3.8) is 0 Å². The number of anilines is 1. The molecular formula is C9H14N2O2S. The number of aromatic nitrogens is 1. The van der Waals surface area contributed by atoms with Crippen LogP contribution in [0.5, 0.6) is 0 Å². The Morgan fingerprint density at radius 3 is 2.86 bits per heavy atom. The normalized spacial score (nSPS) is 12.5. The average Bonchev–Trinajstić information content (AvgIpc) is 2.46. The molecule has 0 aliphatic heterocycles. The van der Waals surface area contributed by atoms with Crippen molar-refractivity contribution < 1.29 is 9.90 Å². The number of aryl methyl sites for hydroxylation is 1. The monoisotopic (exact) mass is 214 g/mol. The second-order valence-electron chi connectivity index (χ2n) is 3.23. The molecule has 1 rings (SSSR count). The Morgan fingerprint density at radius 1 is 1.71 bits per heavy atom. The molecule has 1 unspecified atom stereocenters. The van der Waals surface area contributed by atoms with Gasteiger partial charge in [0.2, 0.25) is 0 Å². The van der Waals surface area contributed by atoms with E-state index in [1.807, 2.05) is 13.8 Å². The molecule has 78 valence electrons. The zero-order valence-electron chi connectivity index (χ0n) is 8.50. The van der Waals surface area contributed by atoms with E-state index in [-0.39, 0.29) is 6.04 Å². The Hall–Kier alpha value is -1.10. The molecule has 14 heavy (non-hydrogen) atoms. The van der Waals surface area contributed by atoms with Gasteiger partial charge in [-0.1, -0.05) is 6.92 Å². The molecular weight excluding hydrogens is 200 g/mol. The molecule has 1 aromatic rings. The molecule has 0 radical (unpaired) electrons. The zero-order chi connectivity index (χ0) is 10.7. The van der Waals surface area contributed by atoms with Gasteiger partial charge in [-0.2, -0.15) is 4.37 Å². The molecule has 2 N–H and O–H groups in total. The minimum absolute atomic E-state index is 0.271. The zero-order valence-corrected chi connectivity index (χ0v) is 9.31. The number of aromatic carboxylic acids is 1. The van der Waals surface area contributed by atoms with E-state index >= 15 is 0 Å². The van der Waals surface area contributed by atoms with E-state index in [9.17, 15) is 4.79 Å². The molecule has 1 heterocycles. The molecule has 1 atom stereocenters. The van der Waals surface area contributed by atoms with Gasteiger partial charge in [-0.25, -0.2) is 4.79 Å². The van der Waals surface area contributed by atoms with Gasteiger partial charge < -0.3 is 10.4 Å². The van der Waals surface area contributed by atoms with Crippen molar-refractivity contribution in [2.75, 3.05) is 5.32 Å². The van der Waals surface area contributed by atoms with Crippen molar-refractivity contribution in [1.82, 2.24) is 4.37 Å². The summed E-state index contributed by atoms with van der Waals surface area (Å²) in [6.07, 6.45) is 0.954. The minimum atomic E-state index is -0.915. The predicted octanol–water partition coefficient (Wildman–Crippen LogP) is 2.36.